The Balaban J connectivity index is 4.26. The SMILES string of the molecule is [2H]C([2H])([2H])C(=O)NCCC([2H])([2H])S(=O)(=O)O. The number of carbonyl (C=O) groups is 1. The van der Waals surface area contributed by atoms with Crippen LogP contribution in [-0.2, 0) is 14.9 Å². The van der Waals surface area contributed by atoms with E-state index in [2.05, 4.69) is 0 Å². The minimum Gasteiger partial charge on any atom is -0.356 e. The van der Waals surface area contributed by atoms with Crippen LogP contribution in [0, 0.1) is 0 Å². The van der Waals surface area contributed by atoms with E-state index in [0.717, 1.165) is 0 Å². The van der Waals surface area contributed by atoms with Crippen LogP contribution in [0.1, 0.15) is 20.1 Å². The van der Waals surface area contributed by atoms with Crippen LogP contribution < -0.4 is 5.32 Å². The van der Waals surface area contributed by atoms with Crippen molar-refractivity contribution in [1.82, 2.24) is 5.32 Å². The van der Waals surface area contributed by atoms with Gasteiger partial charge in [-0.15, -0.1) is 0 Å². The summed E-state index contributed by atoms with van der Waals surface area (Å²) in [7, 11) is -4.89. The van der Waals surface area contributed by atoms with E-state index < -0.39 is 41.5 Å². The summed E-state index contributed by atoms with van der Waals surface area (Å²) in [4.78, 5) is 10.8. The first kappa shape index (κ1) is 4.42. The molecule has 0 fully saturated rings. The van der Waals surface area contributed by atoms with Crippen LogP contribution in [0.3, 0.4) is 0 Å². The standard InChI is InChI=1S/C5H11NO4S/c1-5(7)6-3-2-4-11(8,9)10/h2-4H2,1H3,(H,6,7)(H,8,9,10)/i1D3,4D2. The molecule has 0 aliphatic carbocycles. The number of amides is 1. The van der Waals surface area contributed by atoms with Crippen LogP contribution >= 0.6 is 0 Å². The van der Waals surface area contributed by atoms with Gasteiger partial charge in [0, 0.05) is 20.3 Å². The summed E-state index contributed by atoms with van der Waals surface area (Å²) in [6.07, 6.45) is -0.742. The van der Waals surface area contributed by atoms with E-state index in [1.54, 1.807) is 0 Å². The Labute approximate surface area is 72.6 Å². The minimum absolute atomic E-state index is 0.510. The summed E-state index contributed by atoms with van der Waals surface area (Å²) >= 11 is 0. The Morgan fingerprint density at radius 2 is 2.45 bits per heavy atom. The van der Waals surface area contributed by atoms with Crippen LogP contribution in [0.25, 0.3) is 0 Å². The van der Waals surface area contributed by atoms with Crippen LogP contribution in [0.5, 0.6) is 0 Å². The second kappa shape index (κ2) is 4.30. The van der Waals surface area contributed by atoms with Gasteiger partial charge in [0.2, 0.25) is 5.91 Å². The summed E-state index contributed by atoms with van der Waals surface area (Å²) in [6.45, 7) is -3.38. The Morgan fingerprint density at radius 1 is 1.82 bits per heavy atom. The molecule has 0 atom stereocenters. The molecule has 1 amide bonds. The normalized spacial score (nSPS) is 20.3. The van der Waals surface area contributed by atoms with E-state index in [9.17, 15) is 13.2 Å². The third-order valence-electron chi connectivity index (χ3n) is 0.695. The Morgan fingerprint density at radius 3 is 2.91 bits per heavy atom. The van der Waals surface area contributed by atoms with Gasteiger partial charge in [-0.1, -0.05) is 0 Å². The molecule has 11 heavy (non-hydrogen) atoms. The maximum absolute atomic E-state index is 10.8. The molecule has 0 aromatic rings. The number of nitrogens with one attached hydrogen (secondary N) is 1. The summed E-state index contributed by atoms with van der Waals surface area (Å²) in [5, 5.41) is 1.83. The van der Waals surface area contributed by atoms with Gasteiger partial charge in [-0.05, 0) is 6.42 Å². The molecule has 0 spiro atoms. The second-order valence-electron chi connectivity index (χ2n) is 1.63. The molecule has 0 aromatic carbocycles. The van der Waals surface area contributed by atoms with Crippen molar-refractivity contribution >= 4 is 16.0 Å². The van der Waals surface area contributed by atoms with Gasteiger partial charge in [0.05, 0.1) is 5.70 Å². The molecule has 0 aliphatic heterocycles. The van der Waals surface area contributed by atoms with E-state index in [1.807, 2.05) is 5.32 Å². The zero-order valence-corrected chi connectivity index (χ0v) is 6.31. The number of carbonyl (C=O) groups excluding carboxylic acids is 1. The monoisotopic (exact) mass is 186 g/mol. The number of rotatable bonds is 4. The van der Waals surface area contributed by atoms with Crippen molar-refractivity contribution in [2.24, 2.45) is 0 Å². The molecule has 0 unspecified atom stereocenters. The lowest BCUT2D eigenvalue weighted by atomic mass is 10.5. The van der Waals surface area contributed by atoms with Crippen molar-refractivity contribution in [2.75, 3.05) is 12.2 Å². The first-order valence-corrected chi connectivity index (χ1v) is 4.07. The first-order valence-electron chi connectivity index (χ1n) is 5.13. The van der Waals surface area contributed by atoms with Crippen molar-refractivity contribution in [3.63, 3.8) is 0 Å². The Bertz CT molecular complexity index is 362. The van der Waals surface area contributed by atoms with Crippen LogP contribution in [0.4, 0.5) is 0 Å². The van der Waals surface area contributed by atoms with Crippen molar-refractivity contribution in [3.8, 4) is 0 Å². The first-order chi connectivity index (χ1) is 6.88. The quantitative estimate of drug-likeness (QED) is 0.574. The van der Waals surface area contributed by atoms with Gasteiger partial charge in [0.15, 0.2) is 0 Å². The molecule has 0 saturated heterocycles. The van der Waals surface area contributed by atoms with E-state index in [-0.39, 0.29) is 0 Å². The minimum atomic E-state index is -4.89. The molecule has 0 saturated carbocycles. The average molecular weight is 186 g/mol. The largest absolute Gasteiger partial charge is 0.356 e. The van der Waals surface area contributed by atoms with Crippen molar-refractivity contribution in [1.29, 1.82) is 0 Å². The van der Waals surface area contributed by atoms with Gasteiger partial charge in [0.1, 0.15) is 0 Å². The third-order valence-corrected chi connectivity index (χ3v) is 1.26. The fraction of sp³-hybridized carbons (Fsp3) is 0.800. The molecule has 6 heteroatoms. The summed E-state index contributed by atoms with van der Waals surface area (Å²) in [5.41, 5.74) is -2.92. The van der Waals surface area contributed by atoms with Gasteiger partial charge < -0.3 is 5.32 Å². The van der Waals surface area contributed by atoms with E-state index in [1.165, 1.54) is 0 Å². The second-order valence-corrected chi connectivity index (χ2v) is 2.86. The van der Waals surface area contributed by atoms with Gasteiger partial charge in [-0.2, -0.15) is 8.42 Å². The highest BCUT2D eigenvalue weighted by molar-refractivity contribution is 7.85. The summed E-state index contributed by atoms with van der Waals surface area (Å²) in [6, 6.07) is 0. The van der Waals surface area contributed by atoms with Crippen LogP contribution in [0.15, 0.2) is 0 Å². The maximum atomic E-state index is 10.8. The smallest absolute Gasteiger partial charge is 0.264 e. The predicted octanol–water partition coefficient (Wildman–Crippen LogP) is -0.600. The molecule has 0 aromatic heterocycles. The summed E-state index contributed by atoms with van der Waals surface area (Å²) in [5.74, 6) is -1.31. The zero-order chi connectivity index (χ0) is 13.2. The topological polar surface area (TPSA) is 83.5 Å². The lowest BCUT2D eigenvalue weighted by Crippen LogP contribution is -2.22. The lowest BCUT2D eigenvalue weighted by Gasteiger charge is -1.98. The lowest BCUT2D eigenvalue weighted by molar-refractivity contribution is -0.118. The highest BCUT2D eigenvalue weighted by Crippen LogP contribution is 1.85. The highest BCUT2D eigenvalue weighted by atomic mass is 32.2. The number of hydrogen-bond donors (Lipinski definition) is 2. The van der Waals surface area contributed by atoms with E-state index >= 15 is 0 Å². The maximum Gasteiger partial charge on any atom is 0.264 e. The van der Waals surface area contributed by atoms with E-state index in [0.29, 0.717) is 0 Å². The average Bonchev–Trinajstić information content (AvgIpc) is 1.99. The molecular formula is C5H11NO4S. The van der Waals surface area contributed by atoms with Crippen LogP contribution in [-0.4, -0.2) is 31.1 Å². The van der Waals surface area contributed by atoms with E-state index in [4.69, 9.17) is 11.4 Å². The molecule has 0 rings (SSSR count). The Hall–Kier alpha value is -0.620. The molecule has 2 N–H and O–H groups in total. The van der Waals surface area contributed by atoms with Gasteiger partial charge in [-0.3, -0.25) is 9.35 Å². The van der Waals surface area contributed by atoms with Crippen molar-refractivity contribution in [3.05, 3.63) is 0 Å². The molecule has 0 heterocycles. The summed E-state index contributed by atoms with van der Waals surface area (Å²) < 4.78 is 63.2. The van der Waals surface area contributed by atoms with Crippen molar-refractivity contribution < 1.29 is 24.6 Å². The predicted molar refractivity (Wildman–Crippen MR) is 39.7 cm³/mol. The molecule has 5 nitrogen and oxygen atoms in total. The third kappa shape index (κ3) is 9.38. The van der Waals surface area contributed by atoms with Crippen LogP contribution in [0.2, 0.25) is 0 Å². The zero-order valence-electron chi connectivity index (χ0n) is 10.5. The fourth-order valence-corrected chi connectivity index (χ4v) is 0.716. The molecule has 66 valence electrons. The fourth-order valence-electron chi connectivity index (χ4n) is 0.356. The number of hydrogen-bond acceptors (Lipinski definition) is 3. The Kier molecular flexibility index (Phi) is 1.73. The molecule has 0 aliphatic rings. The molecule has 0 radical (unpaired) electrons. The molecular weight excluding hydrogens is 170 g/mol. The van der Waals surface area contributed by atoms with Gasteiger partial charge in [0.25, 0.3) is 10.1 Å². The van der Waals surface area contributed by atoms with Gasteiger partial charge in [-0.25, -0.2) is 0 Å². The molecule has 0 bridgehead atoms. The highest BCUT2D eigenvalue weighted by Gasteiger charge is 2.02. The van der Waals surface area contributed by atoms with Gasteiger partial charge >= 0.3 is 0 Å². The van der Waals surface area contributed by atoms with Crippen molar-refractivity contribution in [2.45, 2.75) is 13.3 Å².